The lowest BCUT2D eigenvalue weighted by molar-refractivity contribution is -0.122. The molecule has 5 atom stereocenters. The Bertz CT molecular complexity index is 336. The second-order valence-electron chi connectivity index (χ2n) is 5.01. The lowest BCUT2D eigenvalue weighted by atomic mass is 9.88. The number of amides is 1. The summed E-state index contributed by atoms with van der Waals surface area (Å²) in [5, 5.41) is 44.8. The van der Waals surface area contributed by atoms with Gasteiger partial charge in [0.2, 0.25) is 5.91 Å². The van der Waals surface area contributed by atoms with E-state index in [-0.39, 0.29) is 17.9 Å². The molecule has 0 aliphatic heterocycles. The second-order valence-corrected chi connectivity index (χ2v) is 5.01. The Morgan fingerprint density at radius 3 is 2.14 bits per heavy atom. The van der Waals surface area contributed by atoms with Crippen LogP contribution >= 0.6 is 0 Å². The van der Waals surface area contributed by atoms with Crippen LogP contribution in [0.15, 0.2) is 0 Å². The first kappa shape index (κ1) is 19.6. The maximum Gasteiger partial charge on any atom is 0.503 e. The fourth-order valence-electron chi connectivity index (χ4n) is 2.49. The minimum Gasteiger partial charge on any atom is -0.450 e. The number of hydrogen-bond acceptors (Lipinski definition) is 6. The fraction of sp³-hybridized carbons (Fsp3) is 0.833. The molecule has 9 nitrogen and oxygen atoms in total. The Morgan fingerprint density at radius 1 is 1.29 bits per heavy atom. The van der Waals surface area contributed by atoms with Crippen molar-refractivity contribution in [1.29, 1.82) is 0 Å². The molecule has 0 aromatic rings. The summed E-state index contributed by atoms with van der Waals surface area (Å²) in [4.78, 5) is 19.7. The van der Waals surface area contributed by atoms with Crippen molar-refractivity contribution < 1.29 is 35.1 Å². The van der Waals surface area contributed by atoms with Gasteiger partial charge in [-0.05, 0) is 18.8 Å². The van der Waals surface area contributed by atoms with Crippen molar-refractivity contribution in [2.45, 2.75) is 50.5 Å². The van der Waals surface area contributed by atoms with Crippen LogP contribution in [-0.4, -0.2) is 68.5 Å². The first-order chi connectivity index (χ1) is 9.70. The number of carbonyl (C=O) groups is 2. The largest absolute Gasteiger partial charge is 0.503 e. The van der Waals surface area contributed by atoms with Crippen LogP contribution < -0.4 is 11.1 Å². The Kier molecular flexibility index (Phi) is 8.86. The Labute approximate surface area is 122 Å². The van der Waals surface area contributed by atoms with Crippen LogP contribution in [0.2, 0.25) is 0 Å². The monoisotopic (exact) mass is 308 g/mol. The van der Waals surface area contributed by atoms with Gasteiger partial charge in [0, 0.05) is 13.0 Å². The Balaban J connectivity index is 0.000000885. The normalized spacial score (nSPS) is 25.2. The first-order valence-electron chi connectivity index (χ1n) is 6.62. The Morgan fingerprint density at radius 2 is 1.81 bits per heavy atom. The van der Waals surface area contributed by atoms with Crippen LogP contribution in [0, 0.1) is 5.92 Å². The van der Waals surface area contributed by atoms with E-state index in [9.17, 15) is 15.0 Å². The van der Waals surface area contributed by atoms with Crippen LogP contribution in [0.4, 0.5) is 4.79 Å². The molecule has 1 fully saturated rings. The third-order valence-corrected chi connectivity index (χ3v) is 3.41. The summed E-state index contributed by atoms with van der Waals surface area (Å²) in [5.41, 5.74) is 5.93. The van der Waals surface area contributed by atoms with Crippen molar-refractivity contribution in [3.8, 4) is 0 Å². The zero-order chi connectivity index (χ0) is 16.6. The van der Waals surface area contributed by atoms with Crippen molar-refractivity contribution >= 4 is 12.1 Å². The number of aliphatic hydroxyl groups excluding tert-OH is 3. The number of rotatable bonds is 5. The van der Waals surface area contributed by atoms with Gasteiger partial charge in [0.1, 0.15) is 12.2 Å². The molecule has 1 aliphatic rings. The van der Waals surface area contributed by atoms with E-state index in [1.54, 1.807) is 0 Å². The topological polar surface area (TPSA) is 173 Å². The molecule has 0 aromatic heterocycles. The predicted octanol–water partition coefficient (Wildman–Crippen LogP) is -1.44. The second kappa shape index (κ2) is 9.50. The summed E-state index contributed by atoms with van der Waals surface area (Å²) in [5.74, 6) is -0.339. The van der Waals surface area contributed by atoms with Crippen molar-refractivity contribution in [1.82, 2.24) is 5.32 Å². The van der Waals surface area contributed by atoms with Gasteiger partial charge in [0.15, 0.2) is 0 Å². The number of aliphatic hydroxyl groups is 3. The molecule has 1 rings (SSSR count). The van der Waals surface area contributed by atoms with Gasteiger partial charge in [-0.15, -0.1) is 0 Å². The van der Waals surface area contributed by atoms with Gasteiger partial charge in [-0.25, -0.2) is 4.79 Å². The third-order valence-electron chi connectivity index (χ3n) is 3.41. The van der Waals surface area contributed by atoms with Crippen molar-refractivity contribution in [3.05, 3.63) is 0 Å². The van der Waals surface area contributed by atoms with Gasteiger partial charge in [-0.3, -0.25) is 4.79 Å². The van der Waals surface area contributed by atoms with Crippen LogP contribution in [0.1, 0.15) is 26.2 Å². The molecule has 0 bridgehead atoms. The molecule has 0 heterocycles. The molecular weight excluding hydrogens is 284 g/mol. The summed E-state index contributed by atoms with van der Waals surface area (Å²) in [6.45, 7) is 0.810. The highest BCUT2D eigenvalue weighted by molar-refractivity contribution is 5.73. The van der Waals surface area contributed by atoms with E-state index in [4.69, 9.17) is 25.8 Å². The first-order valence-corrected chi connectivity index (χ1v) is 6.62. The summed E-state index contributed by atoms with van der Waals surface area (Å²) < 4.78 is 0. The summed E-state index contributed by atoms with van der Waals surface area (Å²) in [7, 11) is 0. The van der Waals surface area contributed by atoms with E-state index < -0.39 is 31.0 Å². The van der Waals surface area contributed by atoms with Gasteiger partial charge in [-0.1, -0.05) is 6.42 Å². The van der Waals surface area contributed by atoms with Gasteiger partial charge >= 0.3 is 6.16 Å². The molecule has 1 amide bonds. The minimum absolute atomic E-state index is 0.0601. The molecule has 0 saturated heterocycles. The highest BCUT2D eigenvalue weighted by atomic mass is 16.6. The zero-order valence-electron chi connectivity index (χ0n) is 11.8. The number of carbonyl (C=O) groups excluding carboxylic acids is 1. The van der Waals surface area contributed by atoms with Crippen molar-refractivity contribution in [2.24, 2.45) is 11.7 Å². The number of nitrogens with one attached hydrogen (secondary N) is 1. The highest BCUT2D eigenvalue weighted by Crippen LogP contribution is 2.29. The maximum absolute atomic E-state index is 11.1. The van der Waals surface area contributed by atoms with Crippen LogP contribution in [0.5, 0.6) is 0 Å². The highest BCUT2D eigenvalue weighted by Gasteiger charge is 2.38. The standard InChI is InChI=1S/C11H22N2O4.CH2O3/c1-6(15)13-10(11(17)9(16)5-14)7-3-2-4-8(7)12;2-1(3)4/h7-11,14,16-17H,2-5,12H2,1H3,(H,13,15);(H2,2,3,4)/t7-,8-,9?,10?,11?;/m1./s1. The van der Waals surface area contributed by atoms with Gasteiger partial charge in [0.25, 0.3) is 0 Å². The van der Waals surface area contributed by atoms with Crippen LogP contribution in [-0.2, 0) is 4.79 Å². The summed E-state index contributed by atoms with van der Waals surface area (Å²) in [6, 6.07) is -0.695. The van der Waals surface area contributed by atoms with Gasteiger partial charge in [-0.2, -0.15) is 0 Å². The molecule has 21 heavy (non-hydrogen) atoms. The van der Waals surface area contributed by atoms with E-state index in [1.807, 2.05) is 0 Å². The molecule has 8 N–H and O–H groups in total. The number of nitrogens with two attached hydrogens (primary N) is 1. The molecule has 0 spiro atoms. The quantitative estimate of drug-likeness (QED) is 0.323. The van der Waals surface area contributed by atoms with Crippen LogP contribution in [0.3, 0.4) is 0 Å². The molecule has 1 aliphatic carbocycles. The number of carboxylic acid groups (broad SMARTS) is 2. The Hall–Kier alpha value is -1.42. The van der Waals surface area contributed by atoms with Gasteiger partial charge < -0.3 is 36.6 Å². The minimum atomic E-state index is -1.83. The molecule has 0 radical (unpaired) electrons. The predicted molar refractivity (Wildman–Crippen MR) is 72.7 cm³/mol. The summed E-state index contributed by atoms with van der Waals surface area (Å²) >= 11 is 0. The lowest BCUT2D eigenvalue weighted by Crippen LogP contribution is -2.55. The fourth-order valence-corrected chi connectivity index (χ4v) is 2.49. The smallest absolute Gasteiger partial charge is 0.450 e. The molecule has 124 valence electrons. The lowest BCUT2D eigenvalue weighted by Gasteiger charge is -2.33. The van der Waals surface area contributed by atoms with E-state index >= 15 is 0 Å². The van der Waals surface area contributed by atoms with Crippen LogP contribution in [0.25, 0.3) is 0 Å². The van der Waals surface area contributed by atoms with Gasteiger partial charge in [0.05, 0.1) is 12.6 Å². The van der Waals surface area contributed by atoms with E-state index in [0.29, 0.717) is 0 Å². The molecule has 9 heteroatoms. The average Bonchev–Trinajstić information content (AvgIpc) is 2.79. The van der Waals surface area contributed by atoms with E-state index in [0.717, 1.165) is 19.3 Å². The van der Waals surface area contributed by atoms with E-state index in [2.05, 4.69) is 5.32 Å². The third kappa shape index (κ3) is 7.23. The maximum atomic E-state index is 11.1. The van der Waals surface area contributed by atoms with E-state index in [1.165, 1.54) is 6.92 Å². The molecule has 0 aromatic carbocycles. The molecule has 1 saturated carbocycles. The summed E-state index contributed by atoms with van der Waals surface area (Å²) in [6.07, 6.45) is -1.69. The zero-order valence-corrected chi connectivity index (χ0v) is 11.8. The average molecular weight is 308 g/mol. The molecule has 3 unspecified atom stereocenters. The SMILES string of the molecule is CC(=O)NC(C(O)C(O)CO)[C@@H]1CCC[C@H]1N.O=C(O)O. The molecular formula is C12H24N2O7. The van der Waals surface area contributed by atoms with Crippen molar-refractivity contribution in [2.75, 3.05) is 6.61 Å². The number of hydrogen-bond donors (Lipinski definition) is 7. The van der Waals surface area contributed by atoms with Crippen molar-refractivity contribution in [3.63, 3.8) is 0 Å².